The number of halogens is 1. The highest BCUT2D eigenvalue weighted by Gasteiger charge is 2.28. The minimum atomic E-state index is 0.450. The number of rotatable bonds is 11. The number of likely N-dealkylation sites (N-methyl/N-ethyl adjacent to an activating group) is 1. The molecule has 51 heavy (non-hydrogen) atoms. The Morgan fingerprint density at radius 3 is 2.43 bits per heavy atom. The van der Waals surface area contributed by atoms with Crippen LogP contribution in [0.2, 0.25) is 0 Å². The summed E-state index contributed by atoms with van der Waals surface area (Å²) in [7, 11) is 5.96. The highest BCUT2D eigenvalue weighted by molar-refractivity contribution is 9.10. The normalized spacial score (nSPS) is 16.0. The quantitative estimate of drug-likeness (QED) is 0.133. The van der Waals surface area contributed by atoms with Crippen molar-refractivity contribution in [2.45, 2.75) is 25.3 Å². The lowest BCUT2D eigenvalue weighted by Crippen LogP contribution is -2.52. The molecule has 0 atom stereocenters. The molecule has 11 nitrogen and oxygen atoms in total. The summed E-state index contributed by atoms with van der Waals surface area (Å²) in [5, 5.41) is 7.01. The van der Waals surface area contributed by atoms with Crippen molar-refractivity contribution in [3.05, 3.63) is 88.8 Å². The topological polar surface area (TPSA) is 97.8 Å². The number of benzene rings is 3. The second-order valence-corrected chi connectivity index (χ2v) is 14.9. The number of nitrogens with one attached hydrogen (secondary N) is 2. The lowest BCUT2D eigenvalue weighted by molar-refractivity contribution is 0.0982. The Morgan fingerprint density at radius 1 is 0.922 bits per heavy atom. The summed E-state index contributed by atoms with van der Waals surface area (Å²) in [6.45, 7) is 6.68. The first-order chi connectivity index (χ1) is 24.9. The second-order valence-electron chi connectivity index (χ2n) is 13.1. The van der Waals surface area contributed by atoms with Gasteiger partial charge in [0.1, 0.15) is 17.1 Å². The largest absolute Gasteiger partial charge is 0.494 e. The number of anilines is 6. The van der Waals surface area contributed by atoms with Crippen LogP contribution in [0.3, 0.4) is 0 Å². The SMILES string of the molecule is COc1cc(N2CCC(N3CCN(C)CC3)CC2)c(Cc2ccccc2)cc1Nc1ncc(Br)c(Nc2ccc3nccnc3c2N(C)SC)n1. The van der Waals surface area contributed by atoms with E-state index in [1.54, 1.807) is 37.6 Å². The van der Waals surface area contributed by atoms with Gasteiger partial charge in [-0.3, -0.25) is 14.9 Å². The number of piperidine rings is 1. The lowest BCUT2D eigenvalue weighted by Gasteiger charge is -2.43. The predicted octanol–water partition coefficient (Wildman–Crippen LogP) is 7.20. The average molecular weight is 770 g/mol. The van der Waals surface area contributed by atoms with Crippen LogP contribution in [0.4, 0.5) is 34.5 Å². The van der Waals surface area contributed by atoms with E-state index in [2.05, 4.69) is 110 Å². The Balaban J connectivity index is 1.17. The third kappa shape index (κ3) is 8.01. The Hall–Kier alpha value is -4.17. The van der Waals surface area contributed by atoms with E-state index < -0.39 is 0 Å². The molecular weight excluding hydrogens is 724 g/mol. The number of hydrogen-bond acceptors (Lipinski definition) is 12. The number of hydrogen-bond donors (Lipinski definition) is 2. The van der Waals surface area contributed by atoms with Gasteiger partial charge in [0.05, 0.1) is 34.2 Å². The first-order valence-electron chi connectivity index (χ1n) is 17.4. The summed E-state index contributed by atoms with van der Waals surface area (Å²) >= 11 is 5.26. The fraction of sp³-hybridized carbons (Fsp3) is 0.368. The van der Waals surface area contributed by atoms with Gasteiger partial charge < -0.3 is 29.5 Å². The summed E-state index contributed by atoms with van der Waals surface area (Å²) in [4.78, 5) is 26.4. The molecule has 2 N–H and O–H groups in total. The van der Waals surface area contributed by atoms with E-state index in [9.17, 15) is 0 Å². The van der Waals surface area contributed by atoms with Gasteiger partial charge in [0, 0.05) is 89.0 Å². The molecule has 2 saturated heterocycles. The van der Waals surface area contributed by atoms with Crippen LogP contribution in [0, 0.1) is 0 Å². The molecule has 2 aliphatic rings. The molecule has 4 heterocycles. The summed E-state index contributed by atoms with van der Waals surface area (Å²) in [6.07, 6.45) is 10.3. The van der Waals surface area contributed by atoms with Crippen LogP contribution in [0.5, 0.6) is 5.75 Å². The Bertz CT molecular complexity index is 1950. The molecule has 2 aliphatic heterocycles. The summed E-state index contributed by atoms with van der Waals surface area (Å²) < 4.78 is 8.83. The molecular formula is C38H45BrN10OS. The zero-order chi connectivity index (χ0) is 35.3. The van der Waals surface area contributed by atoms with Gasteiger partial charge in [0.15, 0.2) is 0 Å². The standard InChI is InChI=1S/C38H45BrN10OS/c1-46-18-20-48(21-19-46)28-12-16-49(17-13-28)33-24-34(50-3)32(23-27(33)22-26-8-6-5-7-9-26)44-38-42-25-29(39)37(45-38)43-31-11-10-30-35(41-15-14-40-30)36(31)47(2)51-4/h5-11,14-15,23-25,28H,12-13,16-22H2,1-4H3,(H2,42,43,44,45). The summed E-state index contributed by atoms with van der Waals surface area (Å²) in [5.74, 6) is 1.82. The maximum absolute atomic E-state index is 6.02. The first-order valence-corrected chi connectivity index (χ1v) is 19.4. The Kier molecular flexibility index (Phi) is 11.1. The molecule has 0 spiro atoms. The molecule has 0 bridgehead atoms. The van der Waals surface area contributed by atoms with Crippen molar-refractivity contribution >= 4 is 73.4 Å². The van der Waals surface area contributed by atoms with E-state index in [1.807, 2.05) is 25.4 Å². The molecule has 5 aromatic rings. The monoisotopic (exact) mass is 768 g/mol. The smallest absolute Gasteiger partial charge is 0.229 e. The third-order valence-corrected chi connectivity index (χ3v) is 11.3. The van der Waals surface area contributed by atoms with Crippen molar-refractivity contribution in [2.24, 2.45) is 0 Å². The van der Waals surface area contributed by atoms with E-state index in [-0.39, 0.29) is 0 Å². The van der Waals surface area contributed by atoms with Gasteiger partial charge in [-0.25, -0.2) is 4.98 Å². The van der Waals surface area contributed by atoms with Crippen LogP contribution >= 0.6 is 27.9 Å². The molecule has 3 aromatic carbocycles. The van der Waals surface area contributed by atoms with Gasteiger partial charge in [0.25, 0.3) is 0 Å². The predicted molar refractivity (Wildman–Crippen MR) is 214 cm³/mol. The number of aromatic nitrogens is 4. The Morgan fingerprint density at radius 2 is 1.69 bits per heavy atom. The molecule has 0 amide bonds. The summed E-state index contributed by atoms with van der Waals surface area (Å²) in [6, 6.07) is 19.7. The molecule has 0 unspecified atom stereocenters. The molecule has 0 radical (unpaired) electrons. The van der Waals surface area contributed by atoms with Gasteiger partial charge in [-0.15, -0.1) is 0 Å². The van der Waals surface area contributed by atoms with Crippen molar-refractivity contribution in [3.8, 4) is 5.75 Å². The zero-order valence-electron chi connectivity index (χ0n) is 29.6. The minimum absolute atomic E-state index is 0.450. The van der Waals surface area contributed by atoms with Crippen LogP contribution < -0.4 is 24.6 Å². The van der Waals surface area contributed by atoms with Crippen molar-refractivity contribution in [1.82, 2.24) is 29.7 Å². The number of piperazine rings is 1. The van der Waals surface area contributed by atoms with Crippen LogP contribution in [-0.4, -0.2) is 103 Å². The van der Waals surface area contributed by atoms with Crippen LogP contribution in [0.25, 0.3) is 11.0 Å². The van der Waals surface area contributed by atoms with Crippen LogP contribution in [0.1, 0.15) is 24.0 Å². The number of ether oxygens (including phenoxy) is 1. The maximum Gasteiger partial charge on any atom is 0.229 e. The van der Waals surface area contributed by atoms with Gasteiger partial charge >= 0.3 is 0 Å². The highest BCUT2D eigenvalue weighted by atomic mass is 79.9. The minimum Gasteiger partial charge on any atom is -0.494 e. The van der Waals surface area contributed by atoms with E-state index >= 15 is 0 Å². The molecule has 2 fully saturated rings. The van der Waals surface area contributed by atoms with Crippen LogP contribution in [-0.2, 0) is 6.42 Å². The number of nitrogens with zero attached hydrogens (tertiary/aromatic N) is 8. The van der Waals surface area contributed by atoms with Crippen molar-refractivity contribution in [1.29, 1.82) is 0 Å². The summed E-state index contributed by atoms with van der Waals surface area (Å²) in [5.41, 5.74) is 7.95. The van der Waals surface area contributed by atoms with Crippen molar-refractivity contribution < 1.29 is 4.74 Å². The Labute approximate surface area is 313 Å². The fourth-order valence-corrected chi connectivity index (χ4v) is 7.74. The lowest BCUT2D eigenvalue weighted by atomic mass is 9.97. The third-order valence-electron chi connectivity index (χ3n) is 9.94. The fourth-order valence-electron chi connectivity index (χ4n) is 7.09. The maximum atomic E-state index is 6.02. The second kappa shape index (κ2) is 16.0. The zero-order valence-corrected chi connectivity index (χ0v) is 32.0. The van der Waals surface area contributed by atoms with E-state index in [0.29, 0.717) is 17.8 Å². The molecule has 13 heteroatoms. The van der Waals surface area contributed by atoms with E-state index in [0.717, 1.165) is 96.8 Å². The average Bonchev–Trinajstić information content (AvgIpc) is 3.16. The molecule has 0 aliphatic carbocycles. The van der Waals surface area contributed by atoms with Crippen LogP contribution in [0.15, 0.2) is 77.7 Å². The van der Waals surface area contributed by atoms with Crippen molar-refractivity contribution in [3.63, 3.8) is 0 Å². The molecule has 266 valence electrons. The first kappa shape index (κ1) is 35.2. The molecule has 0 saturated carbocycles. The molecule has 2 aromatic heterocycles. The van der Waals surface area contributed by atoms with Gasteiger partial charge in [-0.2, -0.15) is 4.98 Å². The van der Waals surface area contributed by atoms with Gasteiger partial charge in [0.2, 0.25) is 5.95 Å². The number of fused-ring (bicyclic) bond motifs is 1. The number of methoxy groups -OCH3 is 1. The van der Waals surface area contributed by atoms with E-state index in [4.69, 9.17) is 9.72 Å². The van der Waals surface area contributed by atoms with Crippen molar-refractivity contribution in [2.75, 3.05) is 86.6 Å². The molecule has 7 rings (SSSR count). The van der Waals surface area contributed by atoms with Gasteiger partial charge in [-0.1, -0.05) is 42.3 Å². The van der Waals surface area contributed by atoms with E-state index in [1.165, 1.54) is 16.8 Å². The highest BCUT2D eigenvalue weighted by Crippen LogP contribution is 2.40. The van der Waals surface area contributed by atoms with Gasteiger partial charge in [-0.05, 0) is 71.6 Å².